The lowest BCUT2D eigenvalue weighted by Crippen LogP contribution is -2.48. The summed E-state index contributed by atoms with van der Waals surface area (Å²) >= 11 is 0. The molecule has 1 aromatic carbocycles. The minimum absolute atomic E-state index is 0.0406. The van der Waals surface area contributed by atoms with Gasteiger partial charge in [-0.2, -0.15) is 0 Å². The first-order valence-corrected chi connectivity index (χ1v) is 9.01. The number of hydrogen-bond donors (Lipinski definition) is 1. The first-order valence-electron chi connectivity index (χ1n) is 7.19. The number of rotatable bonds is 2. The van der Waals surface area contributed by atoms with Crippen LogP contribution in [-0.2, 0) is 9.84 Å². The second-order valence-corrected chi connectivity index (χ2v) is 8.19. The van der Waals surface area contributed by atoms with Crippen molar-refractivity contribution in [3.05, 3.63) is 35.4 Å². The molecule has 2 heterocycles. The van der Waals surface area contributed by atoms with Gasteiger partial charge < -0.3 is 10.0 Å². The average molecular weight is 323 g/mol. The zero-order valence-corrected chi connectivity index (χ0v) is 12.8. The quantitative estimate of drug-likeness (QED) is 0.882. The predicted molar refractivity (Wildman–Crippen MR) is 79.7 cm³/mol. The summed E-state index contributed by atoms with van der Waals surface area (Å²) in [5, 5.41) is 8.89. The fourth-order valence-corrected chi connectivity index (χ4v) is 5.57. The summed E-state index contributed by atoms with van der Waals surface area (Å²) in [6.45, 7) is 0.551. The van der Waals surface area contributed by atoms with Crippen molar-refractivity contribution >= 4 is 21.7 Å². The number of hydrogen-bond acceptors (Lipinski definition) is 4. The zero-order chi connectivity index (χ0) is 16.0. The summed E-state index contributed by atoms with van der Waals surface area (Å²) < 4.78 is 23.6. The highest BCUT2D eigenvalue weighted by molar-refractivity contribution is 7.91. The number of benzene rings is 1. The maximum Gasteiger partial charge on any atom is 0.335 e. The van der Waals surface area contributed by atoms with Crippen molar-refractivity contribution in [2.45, 2.75) is 24.8 Å². The van der Waals surface area contributed by atoms with Crippen molar-refractivity contribution in [1.29, 1.82) is 0 Å². The van der Waals surface area contributed by atoms with Crippen molar-refractivity contribution in [3.8, 4) is 0 Å². The van der Waals surface area contributed by atoms with Crippen LogP contribution in [0.4, 0.5) is 0 Å². The maximum atomic E-state index is 12.7. The topological polar surface area (TPSA) is 91.8 Å². The number of sulfone groups is 1. The maximum absolute atomic E-state index is 12.7. The van der Waals surface area contributed by atoms with E-state index < -0.39 is 21.3 Å². The summed E-state index contributed by atoms with van der Waals surface area (Å²) in [4.78, 5) is 25.2. The minimum atomic E-state index is -3.08. The second-order valence-electron chi connectivity index (χ2n) is 6.01. The molecule has 2 aliphatic heterocycles. The third kappa shape index (κ3) is 2.49. The number of aromatic carboxylic acids is 1. The number of carboxylic acid groups (broad SMARTS) is 1. The van der Waals surface area contributed by atoms with Crippen LogP contribution in [0, 0.1) is 0 Å². The Morgan fingerprint density at radius 2 is 1.73 bits per heavy atom. The summed E-state index contributed by atoms with van der Waals surface area (Å²) in [6, 6.07) is 5.76. The summed E-state index contributed by atoms with van der Waals surface area (Å²) in [7, 11) is -3.08. The van der Waals surface area contributed by atoms with E-state index in [0.717, 1.165) is 6.42 Å². The van der Waals surface area contributed by atoms with Gasteiger partial charge in [0.05, 0.1) is 22.6 Å². The normalized spacial score (nSPS) is 26.5. The molecule has 0 aromatic heterocycles. The van der Waals surface area contributed by atoms with E-state index in [0.29, 0.717) is 24.9 Å². The first-order chi connectivity index (χ1) is 10.3. The van der Waals surface area contributed by atoms with Crippen LogP contribution in [-0.4, -0.2) is 53.9 Å². The molecule has 1 unspecified atom stereocenters. The number of amides is 1. The van der Waals surface area contributed by atoms with Crippen molar-refractivity contribution in [2.24, 2.45) is 0 Å². The van der Waals surface area contributed by atoms with Gasteiger partial charge in [0.25, 0.3) is 5.91 Å². The van der Waals surface area contributed by atoms with E-state index in [1.54, 1.807) is 4.90 Å². The molecule has 0 aliphatic carbocycles. The van der Waals surface area contributed by atoms with E-state index in [2.05, 4.69) is 0 Å². The largest absolute Gasteiger partial charge is 0.478 e. The highest BCUT2D eigenvalue weighted by Gasteiger charge is 2.50. The standard InChI is InChI=1S/C15H17NO5S/c17-13(11-2-4-12(5-3-11)14(18)19)16-8-1-6-15(16)7-9-22(20,21)10-15/h2-5H,1,6-10H2,(H,18,19). The molecule has 0 radical (unpaired) electrons. The van der Waals surface area contributed by atoms with Crippen LogP contribution >= 0.6 is 0 Å². The second kappa shape index (κ2) is 5.08. The molecule has 2 aliphatic rings. The molecule has 0 saturated carbocycles. The highest BCUT2D eigenvalue weighted by atomic mass is 32.2. The Morgan fingerprint density at radius 1 is 1.09 bits per heavy atom. The van der Waals surface area contributed by atoms with Crippen LogP contribution < -0.4 is 0 Å². The van der Waals surface area contributed by atoms with Crippen LogP contribution in [0.15, 0.2) is 24.3 Å². The van der Waals surface area contributed by atoms with Crippen LogP contribution in [0.5, 0.6) is 0 Å². The Kier molecular flexibility index (Phi) is 3.47. The van der Waals surface area contributed by atoms with Crippen molar-refractivity contribution in [3.63, 3.8) is 0 Å². The number of nitrogens with zero attached hydrogens (tertiary/aromatic N) is 1. The first kappa shape index (κ1) is 15.0. The van der Waals surface area contributed by atoms with Gasteiger partial charge >= 0.3 is 5.97 Å². The van der Waals surface area contributed by atoms with E-state index >= 15 is 0 Å². The summed E-state index contributed by atoms with van der Waals surface area (Å²) in [5.41, 5.74) is -0.0480. The molecule has 1 atom stereocenters. The molecule has 22 heavy (non-hydrogen) atoms. The smallest absolute Gasteiger partial charge is 0.335 e. The summed E-state index contributed by atoms with van der Waals surface area (Å²) in [6.07, 6.45) is 2.01. The minimum Gasteiger partial charge on any atom is -0.478 e. The highest BCUT2D eigenvalue weighted by Crippen LogP contribution is 2.39. The van der Waals surface area contributed by atoms with Gasteiger partial charge in [0.2, 0.25) is 0 Å². The number of carboxylic acids is 1. The lowest BCUT2D eigenvalue weighted by Gasteiger charge is -2.34. The molecule has 0 bridgehead atoms. The summed E-state index contributed by atoms with van der Waals surface area (Å²) in [5.74, 6) is -1.08. The Hall–Kier alpha value is -1.89. The third-order valence-corrected chi connectivity index (χ3v) is 6.39. The van der Waals surface area contributed by atoms with Crippen molar-refractivity contribution in [2.75, 3.05) is 18.1 Å². The Labute approximate surface area is 128 Å². The van der Waals surface area contributed by atoms with E-state index in [4.69, 9.17) is 5.11 Å². The van der Waals surface area contributed by atoms with Gasteiger partial charge in [0.1, 0.15) is 0 Å². The van der Waals surface area contributed by atoms with Gasteiger partial charge in [-0.1, -0.05) is 0 Å². The van der Waals surface area contributed by atoms with Crippen molar-refractivity contribution in [1.82, 2.24) is 4.90 Å². The SMILES string of the molecule is O=C(O)c1ccc(C(=O)N2CCCC23CCS(=O)(=O)C3)cc1. The number of carbonyl (C=O) groups is 2. The molecule has 1 spiro atoms. The van der Waals surface area contributed by atoms with Gasteiger partial charge in [-0.3, -0.25) is 4.79 Å². The molecule has 6 nitrogen and oxygen atoms in total. The number of likely N-dealkylation sites (tertiary alicyclic amines) is 1. The van der Waals surface area contributed by atoms with Gasteiger partial charge in [-0.05, 0) is 43.5 Å². The molecule has 1 aromatic rings. The Morgan fingerprint density at radius 3 is 2.27 bits per heavy atom. The molecule has 3 rings (SSSR count). The van der Waals surface area contributed by atoms with Crippen LogP contribution in [0.2, 0.25) is 0 Å². The van der Waals surface area contributed by atoms with Crippen LogP contribution in [0.25, 0.3) is 0 Å². The molecule has 2 saturated heterocycles. The lowest BCUT2D eigenvalue weighted by atomic mass is 9.95. The van der Waals surface area contributed by atoms with Gasteiger partial charge in [-0.25, -0.2) is 13.2 Å². The van der Waals surface area contributed by atoms with E-state index in [-0.39, 0.29) is 23.0 Å². The molecule has 1 amide bonds. The fourth-order valence-electron chi connectivity index (χ4n) is 3.48. The molecular formula is C15H17NO5S. The monoisotopic (exact) mass is 323 g/mol. The average Bonchev–Trinajstić information content (AvgIpc) is 3.01. The molecule has 1 N–H and O–H groups in total. The van der Waals surface area contributed by atoms with Gasteiger partial charge in [-0.15, -0.1) is 0 Å². The van der Waals surface area contributed by atoms with E-state index in [1.807, 2.05) is 0 Å². The van der Waals surface area contributed by atoms with Gasteiger partial charge in [0.15, 0.2) is 9.84 Å². The molecule has 118 valence electrons. The molecule has 7 heteroatoms. The zero-order valence-electron chi connectivity index (χ0n) is 12.0. The number of carbonyl (C=O) groups excluding carboxylic acids is 1. The molecule has 2 fully saturated rings. The fraction of sp³-hybridized carbons (Fsp3) is 0.467. The van der Waals surface area contributed by atoms with Gasteiger partial charge in [0, 0.05) is 12.1 Å². The Balaban J connectivity index is 1.87. The Bertz CT molecular complexity index is 725. The van der Waals surface area contributed by atoms with Crippen LogP contribution in [0.1, 0.15) is 40.0 Å². The molecular weight excluding hydrogens is 306 g/mol. The van der Waals surface area contributed by atoms with E-state index in [9.17, 15) is 18.0 Å². The third-order valence-electron chi connectivity index (χ3n) is 4.59. The van der Waals surface area contributed by atoms with E-state index in [1.165, 1.54) is 24.3 Å². The lowest BCUT2D eigenvalue weighted by molar-refractivity contribution is 0.0632. The van der Waals surface area contributed by atoms with Crippen molar-refractivity contribution < 1.29 is 23.1 Å². The predicted octanol–water partition coefficient (Wildman–Crippen LogP) is 1.18. The van der Waals surface area contributed by atoms with Crippen LogP contribution in [0.3, 0.4) is 0 Å².